The summed E-state index contributed by atoms with van der Waals surface area (Å²) in [6, 6.07) is 4.22. The molecule has 5 nitrogen and oxygen atoms in total. The number of pyridine rings is 1. The highest BCUT2D eigenvalue weighted by molar-refractivity contribution is 5.79. The van der Waals surface area contributed by atoms with E-state index in [9.17, 15) is 0 Å². The Hall–Kier alpha value is -1.62. The second-order valence-electron chi connectivity index (χ2n) is 4.06. The lowest BCUT2D eigenvalue weighted by Gasteiger charge is -2.11. The number of nitrogens with two attached hydrogens (primary N) is 1. The average molecular weight is 219 g/mol. The predicted molar refractivity (Wildman–Crippen MR) is 65.4 cm³/mol. The van der Waals surface area contributed by atoms with E-state index in [0.717, 1.165) is 22.5 Å². The van der Waals surface area contributed by atoms with Gasteiger partial charge in [0, 0.05) is 25.0 Å². The van der Waals surface area contributed by atoms with Crippen molar-refractivity contribution < 1.29 is 0 Å². The Bertz CT molecular complexity index is 502. The Morgan fingerprint density at radius 3 is 2.94 bits per heavy atom. The number of hydrogen-bond donors (Lipinski definition) is 2. The van der Waals surface area contributed by atoms with Gasteiger partial charge in [-0.15, -0.1) is 0 Å². The molecule has 0 spiro atoms. The lowest BCUT2D eigenvalue weighted by Crippen LogP contribution is -2.25. The third kappa shape index (κ3) is 1.86. The summed E-state index contributed by atoms with van der Waals surface area (Å²) in [5, 5.41) is 8.67. The molecule has 0 aliphatic carbocycles. The van der Waals surface area contributed by atoms with Crippen molar-refractivity contribution in [1.82, 2.24) is 14.8 Å². The molecular weight excluding hydrogens is 202 g/mol. The van der Waals surface area contributed by atoms with Crippen LogP contribution in [-0.2, 0) is 7.05 Å². The van der Waals surface area contributed by atoms with E-state index >= 15 is 0 Å². The van der Waals surface area contributed by atoms with Crippen LogP contribution in [0.15, 0.2) is 12.1 Å². The minimum Gasteiger partial charge on any atom is -0.366 e. The van der Waals surface area contributed by atoms with E-state index in [4.69, 9.17) is 5.73 Å². The Kier molecular flexibility index (Phi) is 2.78. The van der Waals surface area contributed by atoms with Crippen molar-refractivity contribution >= 4 is 16.9 Å². The normalized spacial score (nSPS) is 13.0. The van der Waals surface area contributed by atoms with Gasteiger partial charge in [0.15, 0.2) is 5.65 Å². The first kappa shape index (κ1) is 10.9. The number of anilines is 1. The summed E-state index contributed by atoms with van der Waals surface area (Å²) < 4.78 is 1.79. The van der Waals surface area contributed by atoms with Crippen LogP contribution in [0.1, 0.15) is 12.6 Å². The van der Waals surface area contributed by atoms with Crippen LogP contribution >= 0.6 is 0 Å². The largest absolute Gasteiger partial charge is 0.366 e. The molecule has 0 radical (unpaired) electrons. The number of nitrogens with zero attached hydrogens (tertiary/aromatic N) is 3. The van der Waals surface area contributed by atoms with E-state index in [-0.39, 0.29) is 6.04 Å². The molecule has 1 unspecified atom stereocenters. The Balaban J connectivity index is 2.40. The van der Waals surface area contributed by atoms with Gasteiger partial charge in [0.05, 0.1) is 5.69 Å². The average Bonchev–Trinajstić information content (AvgIpc) is 2.54. The zero-order chi connectivity index (χ0) is 11.7. The minimum absolute atomic E-state index is 0.222. The van der Waals surface area contributed by atoms with Crippen molar-refractivity contribution in [3.05, 3.63) is 17.8 Å². The van der Waals surface area contributed by atoms with Gasteiger partial charge in [0.25, 0.3) is 0 Å². The van der Waals surface area contributed by atoms with Gasteiger partial charge in [-0.3, -0.25) is 4.68 Å². The maximum absolute atomic E-state index is 5.56. The van der Waals surface area contributed by atoms with Gasteiger partial charge in [0.1, 0.15) is 5.82 Å². The molecule has 0 aromatic carbocycles. The van der Waals surface area contributed by atoms with Gasteiger partial charge < -0.3 is 11.1 Å². The lowest BCUT2D eigenvalue weighted by atomic mass is 10.2. The molecule has 0 saturated heterocycles. The van der Waals surface area contributed by atoms with Gasteiger partial charge in [-0.1, -0.05) is 0 Å². The fraction of sp³-hybridized carbons (Fsp3) is 0.455. The second-order valence-corrected chi connectivity index (χ2v) is 4.06. The van der Waals surface area contributed by atoms with Crippen molar-refractivity contribution in [3.63, 3.8) is 0 Å². The van der Waals surface area contributed by atoms with E-state index in [1.54, 1.807) is 4.68 Å². The van der Waals surface area contributed by atoms with Crippen molar-refractivity contribution in [2.45, 2.75) is 19.9 Å². The highest BCUT2D eigenvalue weighted by Gasteiger charge is 2.07. The van der Waals surface area contributed by atoms with E-state index in [2.05, 4.69) is 15.4 Å². The molecule has 0 saturated carbocycles. The molecule has 5 heteroatoms. The van der Waals surface area contributed by atoms with E-state index in [0.29, 0.717) is 6.54 Å². The molecular formula is C11H17N5. The molecule has 86 valence electrons. The molecule has 2 aromatic heterocycles. The first-order valence-corrected chi connectivity index (χ1v) is 5.38. The lowest BCUT2D eigenvalue weighted by molar-refractivity contribution is 0.770. The van der Waals surface area contributed by atoms with Crippen molar-refractivity contribution in [2.75, 3.05) is 11.9 Å². The van der Waals surface area contributed by atoms with Gasteiger partial charge in [-0.05, 0) is 26.0 Å². The maximum Gasteiger partial charge on any atom is 0.160 e. The summed E-state index contributed by atoms with van der Waals surface area (Å²) in [4.78, 5) is 4.52. The number of rotatable bonds is 3. The van der Waals surface area contributed by atoms with Crippen LogP contribution in [-0.4, -0.2) is 27.4 Å². The molecule has 2 heterocycles. The van der Waals surface area contributed by atoms with E-state index in [1.165, 1.54) is 0 Å². The summed E-state index contributed by atoms with van der Waals surface area (Å²) in [6.07, 6.45) is 0. The summed E-state index contributed by atoms with van der Waals surface area (Å²) in [5.41, 5.74) is 7.46. The molecule has 3 N–H and O–H groups in total. The highest BCUT2D eigenvalue weighted by atomic mass is 15.3. The van der Waals surface area contributed by atoms with Crippen LogP contribution in [0.5, 0.6) is 0 Å². The molecule has 2 aromatic rings. The molecule has 2 rings (SSSR count). The van der Waals surface area contributed by atoms with Crippen LogP contribution < -0.4 is 11.1 Å². The molecule has 16 heavy (non-hydrogen) atoms. The summed E-state index contributed by atoms with van der Waals surface area (Å²) in [5.74, 6) is 0.841. The fourth-order valence-corrected chi connectivity index (χ4v) is 1.70. The number of aromatic nitrogens is 3. The third-order valence-corrected chi connectivity index (χ3v) is 2.62. The predicted octanol–water partition coefficient (Wildman–Crippen LogP) is 1.04. The minimum atomic E-state index is 0.222. The zero-order valence-corrected chi connectivity index (χ0v) is 9.86. The standard InChI is InChI=1S/C11H17N5/c1-7(6-12)13-10-5-4-9-8(2)15-16(3)11(9)14-10/h4-5,7H,6,12H2,1-3H3,(H,13,14). The summed E-state index contributed by atoms with van der Waals surface area (Å²) in [6.45, 7) is 4.60. The smallest absolute Gasteiger partial charge is 0.160 e. The van der Waals surface area contributed by atoms with E-state index in [1.807, 2.05) is 33.0 Å². The van der Waals surface area contributed by atoms with Crippen LogP contribution in [0.2, 0.25) is 0 Å². The first-order chi connectivity index (χ1) is 7.61. The number of hydrogen-bond acceptors (Lipinski definition) is 4. The number of fused-ring (bicyclic) bond motifs is 1. The number of aryl methyl sites for hydroxylation is 2. The summed E-state index contributed by atoms with van der Waals surface area (Å²) >= 11 is 0. The van der Waals surface area contributed by atoms with Gasteiger partial charge in [-0.25, -0.2) is 4.98 Å². The molecule has 0 amide bonds. The molecule has 1 atom stereocenters. The fourth-order valence-electron chi connectivity index (χ4n) is 1.70. The van der Waals surface area contributed by atoms with E-state index < -0.39 is 0 Å². The SMILES string of the molecule is Cc1nn(C)c2nc(NC(C)CN)ccc12. The first-order valence-electron chi connectivity index (χ1n) is 5.38. The Morgan fingerprint density at radius 2 is 2.25 bits per heavy atom. The highest BCUT2D eigenvalue weighted by Crippen LogP contribution is 2.17. The molecule has 0 aliphatic rings. The number of nitrogens with one attached hydrogen (secondary N) is 1. The third-order valence-electron chi connectivity index (χ3n) is 2.62. The van der Waals surface area contributed by atoms with Crippen LogP contribution in [0.3, 0.4) is 0 Å². The van der Waals surface area contributed by atoms with Crippen LogP contribution in [0, 0.1) is 6.92 Å². The Labute approximate surface area is 94.7 Å². The van der Waals surface area contributed by atoms with Crippen molar-refractivity contribution in [3.8, 4) is 0 Å². The van der Waals surface area contributed by atoms with Crippen LogP contribution in [0.25, 0.3) is 11.0 Å². The summed E-state index contributed by atoms with van der Waals surface area (Å²) in [7, 11) is 1.90. The van der Waals surface area contributed by atoms with Gasteiger partial charge in [-0.2, -0.15) is 5.10 Å². The van der Waals surface area contributed by atoms with Crippen LogP contribution in [0.4, 0.5) is 5.82 Å². The quantitative estimate of drug-likeness (QED) is 0.809. The second kappa shape index (κ2) is 4.09. The topological polar surface area (TPSA) is 68.8 Å². The van der Waals surface area contributed by atoms with Crippen molar-refractivity contribution in [1.29, 1.82) is 0 Å². The van der Waals surface area contributed by atoms with Gasteiger partial charge >= 0.3 is 0 Å². The van der Waals surface area contributed by atoms with Gasteiger partial charge in [0.2, 0.25) is 0 Å². The molecule has 0 bridgehead atoms. The Morgan fingerprint density at radius 1 is 1.50 bits per heavy atom. The monoisotopic (exact) mass is 219 g/mol. The molecule has 0 aliphatic heterocycles. The maximum atomic E-state index is 5.56. The van der Waals surface area contributed by atoms with Crippen molar-refractivity contribution in [2.24, 2.45) is 12.8 Å². The zero-order valence-electron chi connectivity index (χ0n) is 9.86. The molecule has 0 fully saturated rings.